The minimum absolute atomic E-state index is 0.0452. The summed E-state index contributed by atoms with van der Waals surface area (Å²) in [5.41, 5.74) is 0.747. The maximum atomic E-state index is 12.2. The van der Waals surface area contributed by atoms with Gasteiger partial charge in [-0.15, -0.1) is 0 Å². The highest BCUT2D eigenvalue weighted by atomic mass is 32.2. The van der Waals surface area contributed by atoms with E-state index in [0.717, 1.165) is 5.56 Å². The summed E-state index contributed by atoms with van der Waals surface area (Å²) in [5.74, 6) is -2.06. The molecule has 0 saturated heterocycles. The number of thioether (sulfide) groups is 1. The van der Waals surface area contributed by atoms with E-state index in [1.807, 2.05) is 0 Å². The second kappa shape index (κ2) is 7.03. The Morgan fingerprint density at radius 2 is 1.90 bits per heavy atom. The third-order valence-corrected chi connectivity index (χ3v) is 3.30. The average Bonchev–Trinajstić information content (AvgIpc) is 2.46. The van der Waals surface area contributed by atoms with Gasteiger partial charge in [-0.25, -0.2) is 0 Å². The summed E-state index contributed by atoms with van der Waals surface area (Å²) in [6.07, 6.45) is 0. The second-order valence-corrected chi connectivity index (χ2v) is 5.13. The van der Waals surface area contributed by atoms with Gasteiger partial charge >= 0.3 is 0 Å². The van der Waals surface area contributed by atoms with Crippen LogP contribution in [0.5, 0.6) is 5.75 Å². The van der Waals surface area contributed by atoms with Gasteiger partial charge in [-0.05, 0) is 23.8 Å². The largest absolute Gasteiger partial charge is 0.489 e. The van der Waals surface area contributed by atoms with Gasteiger partial charge in [-0.2, -0.15) is 8.78 Å². The van der Waals surface area contributed by atoms with E-state index in [9.17, 15) is 18.9 Å². The number of rotatable bonds is 6. The minimum Gasteiger partial charge on any atom is -0.489 e. The normalized spacial score (nSPS) is 10.6. The van der Waals surface area contributed by atoms with Gasteiger partial charge in [0.15, 0.2) is 0 Å². The molecule has 0 amide bonds. The number of benzene rings is 2. The molecular formula is C14H11F2NO3S. The van der Waals surface area contributed by atoms with Crippen LogP contribution in [0.1, 0.15) is 5.56 Å². The molecule has 0 heterocycles. The first-order valence-corrected chi connectivity index (χ1v) is 6.83. The lowest BCUT2D eigenvalue weighted by Gasteiger charge is -2.07. The first-order chi connectivity index (χ1) is 10.0. The lowest BCUT2D eigenvalue weighted by molar-refractivity contribution is -0.384. The fourth-order valence-corrected chi connectivity index (χ4v) is 2.12. The molecule has 4 nitrogen and oxygen atoms in total. The highest BCUT2D eigenvalue weighted by Gasteiger charge is 2.07. The fraction of sp³-hybridized carbons (Fsp3) is 0.143. The molecule has 0 aliphatic heterocycles. The molecule has 0 atom stereocenters. The van der Waals surface area contributed by atoms with Gasteiger partial charge in [-0.3, -0.25) is 10.1 Å². The zero-order chi connectivity index (χ0) is 15.2. The number of nitrogens with zero attached hydrogens (tertiary/aromatic N) is 1. The van der Waals surface area contributed by atoms with Crippen molar-refractivity contribution in [2.75, 3.05) is 0 Å². The Morgan fingerprint density at radius 1 is 1.19 bits per heavy atom. The summed E-state index contributed by atoms with van der Waals surface area (Å²) in [6.45, 7) is 0.209. The van der Waals surface area contributed by atoms with Gasteiger partial charge in [-0.1, -0.05) is 30.0 Å². The molecule has 0 fully saturated rings. The van der Waals surface area contributed by atoms with Gasteiger partial charge in [0, 0.05) is 11.0 Å². The molecule has 7 heteroatoms. The van der Waals surface area contributed by atoms with E-state index in [4.69, 9.17) is 4.74 Å². The molecule has 2 rings (SSSR count). The van der Waals surface area contributed by atoms with Crippen molar-refractivity contribution in [2.24, 2.45) is 0 Å². The first kappa shape index (κ1) is 15.2. The number of alkyl halides is 2. The zero-order valence-corrected chi connectivity index (χ0v) is 11.6. The van der Waals surface area contributed by atoms with E-state index < -0.39 is 10.7 Å². The lowest BCUT2D eigenvalue weighted by Crippen LogP contribution is -1.96. The number of non-ortho nitro benzene ring substituents is 1. The molecule has 21 heavy (non-hydrogen) atoms. The van der Waals surface area contributed by atoms with E-state index in [1.165, 1.54) is 18.2 Å². The van der Waals surface area contributed by atoms with Crippen LogP contribution >= 0.6 is 11.8 Å². The van der Waals surface area contributed by atoms with Crippen molar-refractivity contribution in [3.05, 3.63) is 64.2 Å². The maximum absolute atomic E-state index is 12.2. The number of nitro groups is 1. The quantitative estimate of drug-likeness (QED) is 0.448. The highest BCUT2D eigenvalue weighted by molar-refractivity contribution is 7.99. The third-order valence-electron chi connectivity index (χ3n) is 2.58. The number of halogens is 2. The Balaban J connectivity index is 1.96. The van der Waals surface area contributed by atoms with Crippen molar-refractivity contribution in [1.82, 2.24) is 0 Å². The topological polar surface area (TPSA) is 52.4 Å². The maximum Gasteiger partial charge on any atom is 0.288 e. The van der Waals surface area contributed by atoms with Crippen LogP contribution in [0.15, 0.2) is 53.4 Å². The van der Waals surface area contributed by atoms with Crippen LogP contribution in [0.3, 0.4) is 0 Å². The second-order valence-electron chi connectivity index (χ2n) is 4.07. The summed E-state index contributed by atoms with van der Waals surface area (Å²) in [6, 6.07) is 12.4. The molecule has 2 aromatic carbocycles. The molecule has 2 aromatic rings. The predicted molar refractivity (Wildman–Crippen MR) is 75.7 cm³/mol. The lowest BCUT2D eigenvalue weighted by atomic mass is 10.2. The predicted octanol–water partition coefficient (Wildman–Crippen LogP) is 4.49. The van der Waals surface area contributed by atoms with Crippen LogP contribution < -0.4 is 4.74 Å². The van der Waals surface area contributed by atoms with Gasteiger partial charge in [0.1, 0.15) is 12.4 Å². The molecule has 0 saturated carbocycles. The Labute approximate surface area is 123 Å². The molecule has 0 aromatic heterocycles. The number of hydrogen-bond acceptors (Lipinski definition) is 4. The van der Waals surface area contributed by atoms with Crippen LogP contribution in [0.4, 0.5) is 14.5 Å². The van der Waals surface area contributed by atoms with Crippen LogP contribution in [0.2, 0.25) is 0 Å². The summed E-state index contributed by atoms with van der Waals surface area (Å²) in [5, 5.41) is 10.6. The van der Waals surface area contributed by atoms with Crippen LogP contribution in [0, 0.1) is 10.1 Å². The molecule has 0 bridgehead atoms. The number of hydrogen-bond donors (Lipinski definition) is 0. The monoisotopic (exact) mass is 311 g/mol. The van der Waals surface area contributed by atoms with E-state index in [-0.39, 0.29) is 12.3 Å². The van der Waals surface area contributed by atoms with Gasteiger partial charge < -0.3 is 4.74 Å². The van der Waals surface area contributed by atoms with Crippen molar-refractivity contribution in [3.63, 3.8) is 0 Å². The van der Waals surface area contributed by atoms with E-state index in [0.29, 0.717) is 22.4 Å². The zero-order valence-electron chi connectivity index (χ0n) is 10.7. The Bertz CT molecular complexity index is 620. The Kier molecular flexibility index (Phi) is 5.10. The molecule has 0 aliphatic carbocycles. The molecule has 0 radical (unpaired) electrons. The molecular weight excluding hydrogens is 300 g/mol. The van der Waals surface area contributed by atoms with E-state index in [2.05, 4.69) is 0 Å². The Hall–Kier alpha value is -2.15. The van der Waals surface area contributed by atoms with Crippen molar-refractivity contribution in [1.29, 1.82) is 0 Å². The van der Waals surface area contributed by atoms with Crippen molar-refractivity contribution >= 4 is 17.4 Å². The SMILES string of the molecule is O=[N+]([O-])c1cccc(OCc2ccc(SC(F)F)cc2)c1. The van der Waals surface area contributed by atoms with E-state index >= 15 is 0 Å². The van der Waals surface area contributed by atoms with Gasteiger partial charge in [0.05, 0.1) is 11.0 Å². The Morgan fingerprint density at radius 3 is 2.52 bits per heavy atom. The molecule has 0 N–H and O–H groups in total. The molecule has 110 valence electrons. The van der Waals surface area contributed by atoms with Crippen LogP contribution in [-0.4, -0.2) is 10.7 Å². The van der Waals surface area contributed by atoms with Crippen molar-refractivity contribution < 1.29 is 18.4 Å². The third kappa shape index (κ3) is 4.71. The van der Waals surface area contributed by atoms with Crippen molar-refractivity contribution in [2.45, 2.75) is 17.3 Å². The number of nitro benzene ring substituents is 1. The summed E-state index contributed by atoms with van der Waals surface area (Å²) in [4.78, 5) is 10.6. The van der Waals surface area contributed by atoms with Crippen molar-refractivity contribution in [3.8, 4) is 5.75 Å². The summed E-state index contributed by atoms with van der Waals surface area (Å²) >= 11 is 0.478. The first-order valence-electron chi connectivity index (χ1n) is 5.95. The molecule has 0 unspecified atom stereocenters. The fourth-order valence-electron chi connectivity index (χ4n) is 1.62. The van der Waals surface area contributed by atoms with Gasteiger partial charge in [0.2, 0.25) is 0 Å². The van der Waals surface area contributed by atoms with Crippen LogP contribution in [0.25, 0.3) is 0 Å². The van der Waals surface area contributed by atoms with Crippen LogP contribution in [-0.2, 0) is 6.61 Å². The standard InChI is InChI=1S/C14H11F2NO3S/c15-14(16)21-13-6-4-10(5-7-13)9-20-12-3-1-2-11(8-12)17(18)19/h1-8,14H,9H2. The average molecular weight is 311 g/mol. The molecule has 0 aliphatic rings. The minimum atomic E-state index is -2.45. The van der Waals surface area contributed by atoms with E-state index in [1.54, 1.807) is 30.3 Å². The highest BCUT2D eigenvalue weighted by Crippen LogP contribution is 2.25. The summed E-state index contributed by atoms with van der Waals surface area (Å²) in [7, 11) is 0. The smallest absolute Gasteiger partial charge is 0.288 e. The number of ether oxygens (including phenoxy) is 1. The molecule has 0 spiro atoms. The van der Waals surface area contributed by atoms with Gasteiger partial charge in [0.25, 0.3) is 11.4 Å². The summed E-state index contributed by atoms with van der Waals surface area (Å²) < 4.78 is 29.8.